The first-order valence-electron chi connectivity index (χ1n) is 5.61. The Morgan fingerprint density at radius 3 is 2.35 bits per heavy atom. The Morgan fingerprint density at radius 1 is 1.12 bits per heavy atom. The molecule has 1 rings (SSSR count). The second-order valence-corrected chi connectivity index (χ2v) is 5.28. The molecule has 3 nitrogen and oxygen atoms in total. The summed E-state index contributed by atoms with van der Waals surface area (Å²) in [4.78, 5) is 0.0477. The molecule has 1 aromatic carbocycles. The molecule has 0 aliphatic heterocycles. The maximum Gasteiger partial charge on any atom is 0.294 e. The molecule has 0 spiro atoms. The molecule has 5 heteroatoms. The molecule has 0 saturated heterocycles. The average molecular weight is 281 g/mol. The summed E-state index contributed by atoms with van der Waals surface area (Å²) < 4.78 is 31.2. The van der Waals surface area contributed by atoms with E-state index in [1.807, 2.05) is 0 Å². The first-order valence-corrected chi connectivity index (χ1v) is 7.05. The molecule has 0 amide bonds. The van der Waals surface area contributed by atoms with E-state index in [-0.39, 0.29) is 56.3 Å². The Kier molecular flexibility index (Phi) is 9.19. The van der Waals surface area contributed by atoms with E-state index in [0.717, 1.165) is 25.7 Å². The molecule has 0 aliphatic carbocycles. The zero-order valence-electron chi connectivity index (χ0n) is 10.5. The molecule has 1 radical (unpaired) electrons. The van der Waals surface area contributed by atoms with E-state index in [9.17, 15) is 8.42 Å². The van der Waals surface area contributed by atoms with Gasteiger partial charge in [0.2, 0.25) is 0 Å². The van der Waals surface area contributed by atoms with Gasteiger partial charge in [0.05, 0.1) is 4.90 Å². The van der Waals surface area contributed by atoms with Crippen molar-refractivity contribution in [2.75, 3.05) is 0 Å². The normalized spacial score (nSPS) is 10.9. The topological polar surface area (TPSA) is 54.4 Å². The average Bonchev–Trinajstić information content (AvgIpc) is 2.24. The molecule has 0 unspecified atom stereocenters. The maximum absolute atomic E-state index is 11.1. The Bertz CT molecular complexity index is 429. The van der Waals surface area contributed by atoms with E-state index >= 15 is 0 Å². The fourth-order valence-electron chi connectivity index (χ4n) is 1.70. The minimum absolute atomic E-state index is 0. The summed E-state index contributed by atoms with van der Waals surface area (Å²) >= 11 is 0. The van der Waals surface area contributed by atoms with Gasteiger partial charge in [-0.15, -0.1) is 0 Å². The molecule has 0 atom stereocenters. The smallest absolute Gasteiger partial charge is 0.282 e. The van der Waals surface area contributed by atoms with E-state index < -0.39 is 10.1 Å². The van der Waals surface area contributed by atoms with Crippen molar-refractivity contribution in [3.63, 3.8) is 0 Å². The number of hydrogen-bond acceptors (Lipinski definition) is 2. The minimum atomic E-state index is -4.08. The van der Waals surface area contributed by atoms with Crippen LogP contribution in [0, 0.1) is 0 Å². The fraction of sp³-hybridized carbons (Fsp3) is 0.500. The summed E-state index contributed by atoms with van der Waals surface area (Å²) in [5, 5.41) is 0. The number of benzene rings is 1. The summed E-state index contributed by atoms with van der Waals surface area (Å²) in [5.74, 6) is 0. The van der Waals surface area contributed by atoms with Crippen molar-refractivity contribution < 1.29 is 13.0 Å². The van der Waals surface area contributed by atoms with Crippen LogP contribution < -0.4 is 0 Å². The van der Waals surface area contributed by atoms with E-state index in [1.54, 1.807) is 18.2 Å². The van der Waals surface area contributed by atoms with Crippen molar-refractivity contribution in [2.24, 2.45) is 0 Å². The first-order chi connectivity index (χ1) is 7.55. The van der Waals surface area contributed by atoms with Gasteiger partial charge in [-0.1, -0.05) is 44.4 Å². The van der Waals surface area contributed by atoms with Crippen LogP contribution in [0.3, 0.4) is 0 Å². The summed E-state index contributed by atoms with van der Waals surface area (Å²) in [6.45, 7) is 2.13. The molecule has 0 aromatic heterocycles. The van der Waals surface area contributed by atoms with Crippen molar-refractivity contribution in [3.8, 4) is 0 Å². The van der Waals surface area contributed by atoms with Crippen LogP contribution in [0.4, 0.5) is 0 Å². The van der Waals surface area contributed by atoms with Crippen LogP contribution in [0.5, 0.6) is 0 Å². The van der Waals surface area contributed by atoms with Crippen LogP contribution in [-0.4, -0.2) is 64.4 Å². The van der Waals surface area contributed by atoms with Gasteiger partial charge in [0.15, 0.2) is 0 Å². The third kappa shape index (κ3) is 6.47. The van der Waals surface area contributed by atoms with E-state index in [1.165, 1.54) is 6.07 Å². The first kappa shape index (κ1) is 17.8. The minimum Gasteiger partial charge on any atom is -0.282 e. The van der Waals surface area contributed by atoms with Crippen LogP contribution in [0.25, 0.3) is 0 Å². The monoisotopic (exact) mass is 281 g/mol. The van der Waals surface area contributed by atoms with Crippen LogP contribution in [-0.2, 0) is 16.5 Å². The second kappa shape index (κ2) is 8.80. The van der Waals surface area contributed by atoms with Crippen molar-refractivity contribution >= 4 is 61.5 Å². The number of unbranched alkanes of at least 4 members (excludes halogenated alkanes) is 3. The van der Waals surface area contributed by atoms with Gasteiger partial charge < -0.3 is 0 Å². The van der Waals surface area contributed by atoms with Gasteiger partial charge in [-0.05, 0) is 24.5 Å². The van der Waals surface area contributed by atoms with Crippen LogP contribution in [0.15, 0.2) is 29.2 Å². The number of rotatable bonds is 6. The van der Waals surface area contributed by atoms with Crippen molar-refractivity contribution in [2.45, 2.75) is 43.9 Å². The SMILES string of the molecule is CCCCCCc1ccccc1S(=O)(=O)O.[K]. The molecular formula is C12H18KO3S. The predicted octanol–water partition coefficient (Wildman–Crippen LogP) is 2.68. The number of aryl methyl sites for hydroxylation is 1. The predicted molar refractivity (Wildman–Crippen MR) is 69.9 cm³/mol. The largest absolute Gasteiger partial charge is 0.294 e. The zero-order chi connectivity index (χ0) is 12.0. The van der Waals surface area contributed by atoms with Gasteiger partial charge in [0.1, 0.15) is 0 Å². The third-order valence-electron chi connectivity index (χ3n) is 2.55. The molecular weight excluding hydrogens is 263 g/mol. The molecule has 1 N–H and O–H groups in total. The van der Waals surface area contributed by atoms with Crippen LogP contribution in [0.1, 0.15) is 38.2 Å². The van der Waals surface area contributed by atoms with E-state index in [0.29, 0.717) is 12.0 Å². The van der Waals surface area contributed by atoms with E-state index in [4.69, 9.17) is 4.55 Å². The zero-order valence-corrected chi connectivity index (χ0v) is 14.5. The van der Waals surface area contributed by atoms with Gasteiger partial charge in [-0.25, -0.2) is 0 Å². The Labute approximate surface area is 146 Å². The maximum atomic E-state index is 11.1. The van der Waals surface area contributed by atoms with Gasteiger partial charge >= 0.3 is 0 Å². The van der Waals surface area contributed by atoms with Crippen molar-refractivity contribution in [1.29, 1.82) is 0 Å². The molecule has 0 fully saturated rings. The quantitative estimate of drug-likeness (QED) is 0.495. The standard InChI is InChI=1S/C12H18O3S.K/c1-2-3-4-5-8-11-9-6-7-10-12(11)16(13,14)15;/h6-7,9-10H,2-5,8H2,1H3,(H,13,14,15);. The Balaban J connectivity index is 0.00000256. The summed E-state index contributed by atoms with van der Waals surface area (Å²) in [6.07, 6.45) is 5.07. The van der Waals surface area contributed by atoms with Gasteiger partial charge in [-0.3, -0.25) is 4.55 Å². The van der Waals surface area contributed by atoms with Gasteiger partial charge in [-0.2, -0.15) is 8.42 Å². The van der Waals surface area contributed by atoms with Gasteiger partial charge in [0, 0.05) is 51.4 Å². The van der Waals surface area contributed by atoms with E-state index in [2.05, 4.69) is 6.92 Å². The van der Waals surface area contributed by atoms with Crippen molar-refractivity contribution in [1.82, 2.24) is 0 Å². The molecule has 0 saturated carbocycles. The Hall–Kier alpha value is 0.766. The molecule has 0 aliphatic rings. The fourth-order valence-corrected chi connectivity index (χ4v) is 2.46. The van der Waals surface area contributed by atoms with Crippen LogP contribution in [0.2, 0.25) is 0 Å². The van der Waals surface area contributed by atoms with Crippen molar-refractivity contribution in [3.05, 3.63) is 29.8 Å². The summed E-state index contributed by atoms with van der Waals surface area (Å²) in [7, 11) is -4.08. The summed E-state index contributed by atoms with van der Waals surface area (Å²) in [6, 6.07) is 6.63. The molecule has 0 heterocycles. The molecule has 1 aromatic rings. The molecule has 17 heavy (non-hydrogen) atoms. The number of hydrogen-bond donors (Lipinski definition) is 1. The van der Waals surface area contributed by atoms with Crippen LogP contribution >= 0.6 is 0 Å². The summed E-state index contributed by atoms with van der Waals surface area (Å²) in [5.41, 5.74) is 0.709. The molecule has 0 bridgehead atoms. The molecule has 91 valence electrons. The third-order valence-corrected chi connectivity index (χ3v) is 3.50. The van der Waals surface area contributed by atoms with Gasteiger partial charge in [0.25, 0.3) is 10.1 Å². The second-order valence-electron chi connectivity index (χ2n) is 3.89. The Morgan fingerprint density at radius 2 is 1.76 bits per heavy atom.